The summed E-state index contributed by atoms with van der Waals surface area (Å²) in [5.74, 6) is 0.122. The van der Waals surface area contributed by atoms with Crippen LogP contribution in [0.4, 0.5) is 5.69 Å². The first-order valence-corrected chi connectivity index (χ1v) is 10.0. The van der Waals surface area contributed by atoms with Crippen molar-refractivity contribution in [2.24, 2.45) is 0 Å². The highest BCUT2D eigenvalue weighted by Gasteiger charge is 2.21. The van der Waals surface area contributed by atoms with E-state index in [9.17, 15) is 9.59 Å². The summed E-state index contributed by atoms with van der Waals surface area (Å²) in [7, 11) is 0. The van der Waals surface area contributed by atoms with Crippen LogP contribution in [0.2, 0.25) is 0 Å². The first-order valence-electron chi connectivity index (χ1n) is 10.0. The van der Waals surface area contributed by atoms with Crippen LogP contribution in [0.5, 0.6) is 0 Å². The molecule has 2 amide bonds. The lowest BCUT2D eigenvalue weighted by Gasteiger charge is -2.34. The number of nitrogens with one attached hydrogen (secondary N) is 2. The number of hydrogen-bond donors (Lipinski definition) is 2. The first kappa shape index (κ1) is 21.4. The predicted molar refractivity (Wildman–Crippen MR) is 110 cm³/mol. The number of benzene rings is 1. The van der Waals surface area contributed by atoms with Gasteiger partial charge >= 0.3 is 0 Å². The average molecular weight is 375 g/mol. The largest absolute Gasteiger partial charge is 0.352 e. The summed E-state index contributed by atoms with van der Waals surface area (Å²) < 4.78 is 0. The summed E-state index contributed by atoms with van der Waals surface area (Å²) >= 11 is 0. The Labute approximate surface area is 163 Å². The van der Waals surface area contributed by atoms with Crippen molar-refractivity contribution in [2.75, 3.05) is 44.6 Å². The van der Waals surface area contributed by atoms with Gasteiger partial charge in [-0.2, -0.15) is 0 Å². The molecule has 1 aliphatic heterocycles. The van der Waals surface area contributed by atoms with Crippen LogP contribution < -0.4 is 10.6 Å². The van der Waals surface area contributed by atoms with Crippen LogP contribution >= 0.6 is 0 Å². The summed E-state index contributed by atoms with van der Waals surface area (Å²) in [4.78, 5) is 28.9. The fourth-order valence-electron chi connectivity index (χ4n) is 3.47. The number of anilines is 1. The Morgan fingerprint density at radius 3 is 1.89 bits per heavy atom. The summed E-state index contributed by atoms with van der Waals surface area (Å²) in [6.07, 6.45) is 1.93. The Morgan fingerprint density at radius 2 is 1.41 bits per heavy atom. The first-order chi connectivity index (χ1) is 12.9. The third kappa shape index (κ3) is 6.63. The predicted octanol–water partition coefficient (Wildman–Crippen LogP) is 2.16. The van der Waals surface area contributed by atoms with E-state index in [2.05, 4.69) is 34.3 Å². The number of piperazine rings is 1. The molecule has 2 N–H and O–H groups in total. The summed E-state index contributed by atoms with van der Waals surface area (Å²) in [5.41, 5.74) is 3.08. The standard InChI is InChI=1S/C21H34N4O2/c1-5-18(6-2)22-19(26)14-24-10-12-25(13-11-24)15-20(27)23-21-16(3)8-7-9-17(21)4/h7-9,18H,5-6,10-15H2,1-4H3,(H,22,26)(H,23,27). The van der Waals surface area contributed by atoms with E-state index in [1.165, 1.54) is 0 Å². The highest BCUT2D eigenvalue weighted by atomic mass is 16.2. The molecule has 27 heavy (non-hydrogen) atoms. The monoisotopic (exact) mass is 374 g/mol. The van der Waals surface area contributed by atoms with Crippen LogP contribution in [-0.2, 0) is 9.59 Å². The van der Waals surface area contributed by atoms with E-state index < -0.39 is 0 Å². The van der Waals surface area contributed by atoms with Crippen molar-refractivity contribution in [3.63, 3.8) is 0 Å². The number of nitrogens with zero attached hydrogens (tertiary/aromatic N) is 2. The number of para-hydroxylation sites is 1. The van der Waals surface area contributed by atoms with Gasteiger partial charge in [0.25, 0.3) is 0 Å². The average Bonchev–Trinajstić information content (AvgIpc) is 2.64. The highest BCUT2D eigenvalue weighted by Crippen LogP contribution is 2.19. The Kier molecular flexibility index (Phi) is 8.25. The van der Waals surface area contributed by atoms with Gasteiger partial charge in [-0.1, -0.05) is 32.0 Å². The highest BCUT2D eigenvalue weighted by molar-refractivity contribution is 5.93. The van der Waals surface area contributed by atoms with Crippen LogP contribution in [0, 0.1) is 13.8 Å². The van der Waals surface area contributed by atoms with Crippen molar-refractivity contribution in [2.45, 2.75) is 46.6 Å². The lowest BCUT2D eigenvalue weighted by atomic mass is 10.1. The van der Waals surface area contributed by atoms with Crippen molar-refractivity contribution in [3.05, 3.63) is 29.3 Å². The maximum Gasteiger partial charge on any atom is 0.238 e. The van der Waals surface area contributed by atoms with Crippen LogP contribution in [0.15, 0.2) is 18.2 Å². The van der Waals surface area contributed by atoms with Gasteiger partial charge < -0.3 is 10.6 Å². The van der Waals surface area contributed by atoms with E-state index >= 15 is 0 Å². The fourth-order valence-corrected chi connectivity index (χ4v) is 3.47. The number of amides is 2. The summed E-state index contributed by atoms with van der Waals surface area (Å²) in [6, 6.07) is 6.29. The van der Waals surface area contributed by atoms with Gasteiger partial charge in [0.05, 0.1) is 13.1 Å². The van der Waals surface area contributed by atoms with Crippen molar-refractivity contribution in [3.8, 4) is 0 Å². The lowest BCUT2D eigenvalue weighted by Crippen LogP contribution is -2.51. The van der Waals surface area contributed by atoms with Crippen molar-refractivity contribution in [1.82, 2.24) is 15.1 Å². The number of hydrogen-bond acceptors (Lipinski definition) is 4. The Bertz CT molecular complexity index is 615. The van der Waals surface area contributed by atoms with Crippen LogP contribution in [-0.4, -0.2) is 66.9 Å². The quantitative estimate of drug-likeness (QED) is 0.732. The second-order valence-electron chi connectivity index (χ2n) is 7.45. The molecule has 2 rings (SSSR count). The van der Waals surface area contributed by atoms with Gasteiger partial charge in [0.2, 0.25) is 11.8 Å². The van der Waals surface area contributed by atoms with Gasteiger partial charge in [0.15, 0.2) is 0 Å². The van der Waals surface area contributed by atoms with Gasteiger partial charge in [-0.3, -0.25) is 19.4 Å². The van der Waals surface area contributed by atoms with E-state index in [4.69, 9.17) is 0 Å². The molecule has 1 saturated heterocycles. The SMILES string of the molecule is CCC(CC)NC(=O)CN1CCN(CC(=O)Nc2c(C)cccc2C)CC1. The van der Waals surface area contributed by atoms with Gasteiger partial charge in [-0.15, -0.1) is 0 Å². The van der Waals surface area contributed by atoms with Gasteiger partial charge in [0.1, 0.15) is 0 Å². The number of rotatable bonds is 8. The molecule has 1 aromatic carbocycles. The number of aryl methyl sites for hydroxylation is 2. The Hall–Kier alpha value is -1.92. The van der Waals surface area contributed by atoms with Gasteiger partial charge in [-0.25, -0.2) is 0 Å². The van der Waals surface area contributed by atoms with Crippen LogP contribution in [0.1, 0.15) is 37.8 Å². The third-order valence-corrected chi connectivity index (χ3v) is 5.30. The van der Waals surface area contributed by atoms with Crippen molar-refractivity contribution >= 4 is 17.5 Å². The molecule has 1 aromatic rings. The molecular formula is C21H34N4O2. The minimum absolute atomic E-state index is 0.0207. The second-order valence-corrected chi connectivity index (χ2v) is 7.45. The van der Waals surface area contributed by atoms with E-state index in [1.807, 2.05) is 32.0 Å². The Morgan fingerprint density at radius 1 is 0.926 bits per heavy atom. The molecule has 6 heteroatoms. The van der Waals surface area contributed by atoms with E-state index in [-0.39, 0.29) is 17.9 Å². The third-order valence-electron chi connectivity index (χ3n) is 5.30. The topological polar surface area (TPSA) is 64.7 Å². The molecule has 1 aliphatic rings. The minimum atomic E-state index is 0.0207. The fraction of sp³-hybridized carbons (Fsp3) is 0.619. The summed E-state index contributed by atoms with van der Waals surface area (Å²) in [5, 5.41) is 6.13. The molecule has 0 atom stereocenters. The molecule has 0 saturated carbocycles. The molecule has 0 aliphatic carbocycles. The van der Waals surface area contributed by atoms with Gasteiger partial charge in [-0.05, 0) is 37.8 Å². The molecule has 0 aromatic heterocycles. The van der Waals surface area contributed by atoms with E-state index in [0.29, 0.717) is 13.1 Å². The molecule has 0 radical (unpaired) electrons. The lowest BCUT2D eigenvalue weighted by molar-refractivity contribution is -0.124. The maximum atomic E-state index is 12.4. The zero-order valence-electron chi connectivity index (χ0n) is 17.2. The number of carbonyl (C=O) groups excluding carboxylic acids is 2. The van der Waals surface area contributed by atoms with Crippen molar-refractivity contribution < 1.29 is 9.59 Å². The number of carbonyl (C=O) groups is 2. The molecule has 6 nitrogen and oxygen atoms in total. The molecule has 1 fully saturated rings. The zero-order chi connectivity index (χ0) is 19.8. The van der Waals surface area contributed by atoms with Crippen LogP contribution in [0.25, 0.3) is 0 Å². The van der Waals surface area contributed by atoms with E-state index in [1.54, 1.807) is 0 Å². The zero-order valence-corrected chi connectivity index (χ0v) is 17.2. The Balaban J connectivity index is 1.74. The second kappa shape index (κ2) is 10.4. The summed E-state index contributed by atoms with van der Waals surface area (Å²) in [6.45, 7) is 12.3. The van der Waals surface area contributed by atoms with Gasteiger partial charge in [0, 0.05) is 37.9 Å². The van der Waals surface area contributed by atoms with Crippen LogP contribution in [0.3, 0.4) is 0 Å². The molecule has 0 bridgehead atoms. The normalized spacial score (nSPS) is 15.7. The van der Waals surface area contributed by atoms with E-state index in [0.717, 1.165) is 55.8 Å². The minimum Gasteiger partial charge on any atom is -0.352 e. The molecule has 0 unspecified atom stereocenters. The smallest absolute Gasteiger partial charge is 0.238 e. The maximum absolute atomic E-state index is 12.4. The van der Waals surface area contributed by atoms with Crippen molar-refractivity contribution in [1.29, 1.82) is 0 Å². The molecule has 0 spiro atoms. The molecule has 150 valence electrons. The molecular weight excluding hydrogens is 340 g/mol. The molecule has 1 heterocycles.